The number of nitrogens with one attached hydrogen (secondary N) is 1. The summed E-state index contributed by atoms with van der Waals surface area (Å²) in [7, 11) is 0. The smallest absolute Gasteiger partial charge is 0.416 e. The van der Waals surface area contributed by atoms with Crippen LogP contribution >= 0.6 is 11.8 Å². The van der Waals surface area contributed by atoms with Crippen LogP contribution in [-0.4, -0.2) is 29.7 Å². The van der Waals surface area contributed by atoms with Gasteiger partial charge in [-0.1, -0.05) is 12.1 Å². The van der Waals surface area contributed by atoms with Crippen LogP contribution in [0, 0.1) is 10.1 Å². The number of hydrogen-bond donors (Lipinski definition) is 1. The van der Waals surface area contributed by atoms with Crippen molar-refractivity contribution >= 4 is 23.4 Å². The highest BCUT2D eigenvalue weighted by atomic mass is 32.2. The number of hydrogen-bond acceptors (Lipinski definition) is 5. The molecule has 0 radical (unpaired) electrons. The first-order valence-electron chi connectivity index (χ1n) is 8.35. The van der Waals surface area contributed by atoms with Crippen LogP contribution < -0.4 is 10.1 Å². The number of halogens is 5. The molecule has 0 aliphatic carbocycles. The summed E-state index contributed by atoms with van der Waals surface area (Å²) in [4.78, 5) is 21.9. The molecule has 2 aromatic carbocycles. The minimum absolute atomic E-state index is 0.00678. The Hall–Kier alpha value is -2.89. The lowest BCUT2D eigenvalue weighted by Crippen LogP contribution is -2.27. The monoisotopic (exact) mass is 450 g/mol. The number of ether oxygens (including phenoxy) is 1. The van der Waals surface area contributed by atoms with Crippen molar-refractivity contribution in [2.45, 2.75) is 24.1 Å². The highest BCUT2D eigenvalue weighted by Crippen LogP contribution is 2.36. The van der Waals surface area contributed by atoms with E-state index in [1.165, 1.54) is 12.1 Å². The number of rotatable bonds is 9. The van der Waals surface area contributed by atoms with E-state index < -0.39 is 34.9 Å². The Morgan fingerprint density at radius 2 is 1.83 bits per heavy atom. The predicted octanol–water partition coefficient (Wildman–Crippen LogP) is 4.67. The number of carbonyl (C=O) groups excluding carboxylic acids is 1. The molecule has 0 atom stereocenters. The van der Waals surface area contributed by atoms with Crippen molar-refractivity contribution < 1.29 is 36.4 Å². The van der Waals surface area contributed by atoms with Gasteiger partial charge in [-0.15, -0.1) is 11.8 Å². The van der Waals surface area contributed by atoms with E-state index in [9.17, 15) is 36.9 Å². The van der Waals surface area contributed by atoms with E-state index in [-0.39, 0.29) is 22.9 Å². The van der Waals surface area contributed by atoms with Gasteiger partial charge in [0.2, 0.25) is 5.91 Å². The maximum atomic E-state index is 12.7. The second-order valence-corrected chi connectivity index (χ2v) is 6.87. The Labute approximate surface area is 171 Å². The van der Waals surface area contributed by atoms with Crippen molar-refractivity contribution in [2.24, 2.45) is 0 Å². The standard InChI is InChI=1S/C18H15F5N2O4S/c19-17(20)29-13-4-1-11(2-5-13)7-8-24-16(26)10-30-15-6-3-12(18(21,22)23)9-14(15)25(27)28/h1-6,9,17H,7-8,10H2,(H,24,26). The molecule has 2 rings (SSSR count). The zero-order valence-electron chi connectivity index (χ0n) is 15.1. The molecule has 1 N–H and O–H groups in total. The van der Waals surface area contributed by atoms with Crippen LogP contribution in [0.4, 0.5) is 27.6 Å². The lowest BCUT2D eigenvalue weighted by atomic mass is 10.1. The Morgan fingerprint density at radius 3 is 2.40 bits per heavy atom. The van der Waals surface area contributed by atoms with Crippen molar-refractivity contribution in [3.8, 4) is 5.75 Å². The van der Waals surface area contributed by atoms with Crippen molar-refractivity contribution in [3.05, 3.63) is 63.7 Å². The molecule has 6 nitrogen and oxygen atoms in total. The van der Waals surface area contributed by atoms with Gasteiger partial charge in [0, 0.05) is 12.6 Å². The molecule has 0 fully saturated rings. The van der Waals surface area contributed by atoms with Crippen LogP contribution in [0.2, 0.25) is 0 Å². The Balaban J connectivity index is 1.85. The maximum Gasteiger partial charge on any atom is 0.416 e. The molecule has 0 unspecified atom stereocenters. The first-order chi connectivity index (χ1) is 14.1. The predicted molar refractivity (Wildman–Crippen MR) is 98.6 cm³/mol. The second-order valence-electron chi connectivity index (χ2n) is 5.85. The van der Waals surface area contributed by atoms with Crippen LogP contribution in [0.1, 0.15) is 11.1 Å². The van der Waals surface area contributed by atoms with E-state index in [1.54, 1.807) is 12.1 Å². The average Bonchev–Trinajstić information content (AvgIpc) is 2.66. The van der Waals surface area contributed by atoms with Crippen LogP contribution in [-0.2, 0) is 17.4 Å². The lowest BCUT2D eigenvalue weighted by molar-refractivity contribution is -0.388. The molecule has 2 aromatic rings. The Kier molecular flexibility index (Phi) is 7.98. The van der Waals surface area contributed by atoms with Gasteiger partial charge in [0.25, 0.3) is 5.69 Å². The van der Waals surface area contributed by atoms with E-state index >= 15 is 0 Å². The molecule has 12 heteroatoms. The van der Waals surface area contributed by atoms with Crippen molar-refractivity contribution in [3.63, 3.8) is 0 Å². The second kappa shape index (κ2) is 10.2. The minimum Gasteiger partial charge on any atom is -0.435 e. The van der Waals surface area contributed by atoms with Crippen LogP contribution in [0.3, 0.4) is 0 Å². The molecule has 0 heterocycles. The van der Waals surface area contributed by atoms with Crippen LogP contribution in [0.15, 0.2) is 47.4 Å². The fourth-order valence-corrected chi connectivity index (χ4v) is 3.17. The largest absolute Gasteiger partial charge is 0.435 e. The van der Waals surface area contributed by atoms with Gasteiger partial charge in [0.1, 0.15) is 5.75 Å². The number of carbonyl (C=O) groups is 1. The lowest BCUT2D eigenvalue weighted by Gasteiger charge is -2.09. The molecule has 0 spiro atoms. The zero-order valence-corrected chi connectivity index (χ0v) is 15.9. The molecule has 0 aromatic heterocycles. The third kappa shape index (κ3) is 7.17. The van der Waals surface area contributed by atoms with Crippen molar-refractivity contribution in [1.29, 1.82) is 0 Å². The molecule has 0 saturated carbocycles. The van der Waals surface area contributed by atoms with Crippen molar-refractivity contribution in [2.75, 3.05) is 12.3 Å². The summed E-state index contributed by atoms with van der Waals surface area (Å²) in [5.74, 6) is -0.688. The maximum absolute atomic E-state index is 12.7. The third-order valence-electron chi connectivity index (χ3n) is 3.73. The molecular weight excluding hydrogens is 435 g/mol. The molecule has 30 heavy (non-hydrogen) atoms. The molecule has 1 amide bonds. The number of alkyl halides is 5. The summed E-state index contributed by atoms with van der Waals surface area (Å²) < 4.78 is 66.5. The fourth-order valence-electron chi connectivity index (χ4n) is 2.34. The van der Waals surface area contributed by atoms with E-state index in [0.717, 1.165) is 23.4 Å². The van der Waals surface area contributed by atoms with Gasteiger partial charge in [-0.3, -0.25) is 14.9 Å². The highest BCUT2D eigenvalue weighted by Gasteiger charge is 2.33. The number of nitro benzene ring substituents is 1. The molecule has 0 aliphatic rings. The van der Waals surface area contributed by atoms with E-state index in [2.05, 4.69) is 10.1 Å². The molecule has 0 saturated heterocycles. The summed E-state index contributed by atoms with van der Waals surface area (Å²) >= 11 is 0.748. The van der Waals surface area contributed by atoms with Gasteiger partial charge in [-0.2, -0.15) is 22.0 Å². The summed E-state index contributed by atoms with van der Waals surface area (Å²) in [6.07, 6.45) is -4.32. The normalized spacial score (nSPS) is 11.4. The third-order valence-corrected chi connectivity index (χ3v) is 4.79. The molecule has 0 bridgehead atoms. The quantitative estimate of drug-likeness (QED) is 0.260. The van der Waals surface area contributed by atoms with Gasteiger partial charge in [0.05, 0.1) is 21.1 Å². The number of amides is 1. The first kappa shape index (κ1) is 23.4. The van der Waals surface area contributed by atoms with E-state index in [0.29, 0.717) is 18.6 Å². The SMILES string of the molecule is O=C(CSc1ccc(C(F)(F)F)cc1[N+](=O)[O-])NCCc1ccc(OC(F)F)cc1. The topological polar surface area (TPSA) is 81.5 Å². The van der Waals surface area contributed by atoms with Gasteiger partial charge in [-0.25, -0.2) is 0 Å². The zero-order chi connectivity index (χ0) is 22.3. The summed E-state index contributed by atoms with van der Waals surface area (Å²) in [6.45, 7) is -2.71. The highest BCUT2D eigenvalue weighted by molar-refractivity contribution is 8.00. The summed E-state index contributed by atoms with van der Waals surface area (Å²) in [5, 5.41) is 13.6. The summed E-state index contributed by atoms with van der Waals surface area (Å²) in [5.41, 5.74) is -1.12. The number of nitrogens with zero attached hydrogens (tertiary/aromatic N) is 1. The van der Waals surface area contributed by atoms with E-state index in [4.69, 9.17) is 0 Å². The van der Waals surface area contributed by atoms with Gasteiger partial charge < -0.3 is 10.1 Å². The number of nitro groups is 1. The van der Waals surface area contributed by atoms with Crippen LogP contribution in [0.25, 0.3) is 0 Å². The van der Waals surface area contributed by atoms with Gasteiger partial charge >= 0.3 is 12.8 Å². The Bertz CT molecular complexity index is 891. The van der Waals surface area contributed by atoms with Gasteiger partial charge in [0.15, 0.2) is 0 Å². The number of thioether (sulfide) groups is 1. The number of benzene rings is 2. The molecule has 162 valence electrons. The molecular formula is C18H15F5N2O4S. The van der Waals surface area contributed by atoms with Crippen LogP contribution in [0.5, 0.6) is 5.75 Å². The van der Waals surface area contributed by atoms with E-state index in [1.807, 2.05) is 0 Å². The van der Waals surface area contributed by atoms with Gasteiger partial charge in [-0.05, 0) is 36.2 Å². The van der Waals surface area contributed by atoms with Crippen molar-refractivity contribution in [1.82, 2.24) is 5.32 Å². The Morgan fingerprint density at radius 1 is 1.17 bits per heavy atom. The minimum atomic E-state index is -4.71. The summed E-state index contributed by atoms with van der Waals surface area (Å²) in [6, 6.07) is 7.96. The average molecular weight is 450 g/mol. The molecule has 0 aliphatic heterocycles. The first-order valence-corrected chi connectivity index (χ1v) is 9.33. The fraction of sp³-hybridized carbons (Fsp3) is 0.278.